The molecule has 3 heterocycles. The Bertz CT molecular complexity index is 1580. The predicted molar refractivity (Wildman–Crippen MR) is 171 cm³/mol. The Morgan fingerprint density at radius 2 is 1.81 bits per heavy atom. The van der Waals surface area contributed by atoms with Crippen molar-refractivity contribution in [2.45, 2.75) is 52.0 Å². The summed E-state index contributed by atoms with van der Waals surface area (Å²) in [4.78, 5) is 34.6. The number of nitrogens with one attached hydrogen (secondary N) is 1. The quantitative estimate of drug-likeness (QED) is 0.368. The van der Waals surface area contributed by atoms with Gasteiger partial charge in [-0.25, -0.2) is 0 Å². The second-order valence-corrected chi connectivity index (χ2v) is 13.8. The monoisotopic (exact) mass is 581 g/mol. The van der Waals surface area contributed by atoms with Gasteiger partial charge < -0.3 is 20.0 Å². The molecule has 0 saturated carbocycles. The van der Waals surface area contributed by atoms with Gasteiger partial charge in [-0.2, -0.15) is 4.37 Å². The lowest BCUT2D eigenvalue weighted by Crippen LogP contribution is -2.54. The van der Waals surface area contributed by atoms with Crippen molar-refractivity contribution < 1.29 is 9.59 Å². The van der Waals surface area contributed by atoms with Crippen molar-refractivity contribution in [2.24, 2.45) is 11.3 Å². The van der Waals surface area contributed by atoms with Crippen LogP contribution < -0.4 is 15.1 Å². The number of hydrogen-bond donors (Lipinski definition) is 1. The highest BCUT2D eigenvalue weighted by Gasteiger charge is 2.44. The molecular formula is C34H39N5O2S. The fraction of sp³-hybridized carbons (Fsp3) is 0.441. The molecule has 0 radical (unpaired) electrons. The maximum atomic E-state index is 14.1. The van der Waals surface area contributed by atoms with E-state index in [-0.39, 0.29) is 35.6 Å². The van der Waals surface area contributed by atoms with Crippen LogP contribution in [0.15, 0.2) is 72.0 Å². The Morgan fingerprint density at radius 3 is 2.62 bits per heavy atom. The van der Waals surface area contributed by atoms with E-state index in [1.54, 1.807) is 0 Å². The summed E-state index contributed by atoms with van der Waals surface area (Å²) in [6.45, 7) is 7.47. The van der Waals surface area contributed by atoms with E-state index in [1.807, 2.05) is 17.0 Å². The molecule has 1 aromatic heterocycles. The van der Waals surface area contributed by atoms with Crippen LogP contribution in [0.2, 0.25) is 0 Å². The van der Waals surface area contributed by atoms with Crippen molar-refractivity contribution in [2.75, 3.05) is 47.8 Å². The molecular weight excluding hydrogens is 542 g/mol. The van der Waals surface area contributed by atoms with E-state index in [4.69, 9.17) is 4.37 Å². The molecule has 2 aliphatic heterocycles. The molecule has 7 nitrogen and oxygen atoms in total. The van der Waals surface area contributed by atoms with Crippen molar-refractivity contribution in [1.29, 1.82) is 0 Å². The molecule has 1 fully saturated rings. The SMILES string of the molecule is CC1(C)CC(=O)C2=C(C1)Nc1ccccc1N(CC(=O)N1CCN(c3nsc4ccccc34)CC1)C2C1CC=CCC1. The third-order valence-electron chi connectivity index (χ3n) is 9.40. The van der Waals surface area contributed by atoms with Crippen LogP contribution in [-0.2, 0) is 9.59 Å². The molecule has 2 aliphatic carbocycles. The molecule has 4 aliphatic rings. The summed E-state index contributed by atoms with van der Waals surface area (Å²) in [7, 11) is 0. The van der Waals surface area contributed by atoms with Gasteiger partial charge in [-0.1, -0.05) is 50.3 Å². The fourth-order valence-electron chi connectivity index (χ4n) is 7.38. The van der Waals surface area contributed by atoms with Crippen LogP contribution in [0, 0.1) is 11.3 Å². The first-order chi connectivity index (χ1) is 20.4. The van der Waals surface area contributed by atoms with Gasteiger partial charge in [0.05, 0.1) is 28.7 Å². The number of carbonyl (C=O) groups excluding carboxylic acids is 2. The van der Waals surface area contributed by atoms with Crippen molar-refractivity contribution in [3.63, 3.8) is 0 Å². The third-order valence-corrected chi connectivity index (χ3v) is 10.2. The first-order valence-electron chi connectivity index (χ1n) is 15.3. The lowest BCUT2D eigenvalue weighted by molar-refractivity contribution is -0.130. The lowest BCUT2D eigenvalue weighted by Gasteiger charge is -2.43. The van der Waals surface area contributed by atoms with Crippen LogP contribution in [0.3, 0.4) is 0 Å². The second kappa shape index (κ2) is 10.9. The van der Waals surface area contributed by atoms with Gasteiger partial charge in [-0.15, -0.1) is 0 Å². The van der Waals surface area contributed by atoms with Gasteiger partial charge in [-0.3, -0.25) is 9.59 Å². The zero-order chi connectivity index (χ0) is 28.8. The maximum absolute atomic E-state index is 14.1. The number of nitrogens with zero attached hydrogens (tertiary/aromatic N) is 4. The molecule has 1 N–H and O–H groups in total. The molecule has 0 spiro atoms. The summed E-state index contributed by atoms with van der Waals surface area (Å²) in [5, 5.41) is 4.88. The zero-order valence-electron chi connectivity index (χ0n) is 24.5. The number of hydrogen-bond acceptors (Lipinski definition) is 7. The summed E-state index contributed by atoms with van der Waals surface area (Å²) in [5.74, 6) is 1.65. The Labute approximate surface area is 252 Å². The van der Waals surface area contributed by atoms with E-state index in [1.165, 1.54) is 21.6 Å². The van der Waals surface area contributed by atoms with E-state index >= 15 is 0 Å². The number of amides is 1. The molecule has 1 saturated heterocycles. The number of Topliss-reactive ketones (excluding diaryl/α,β-unsaturated/α-hetero) is 1. The standard InChI is InChI=1S/C34H39N5O2S/c1-34(2)20-26-31(28(40)21-34)32(23-10-4-3-5-11-23)39(27-14-8-7-13-25(27)35-26)22-30(41)37-16-18-38(19-17-37)33-24-12-6-9-15-29(24)42-36-33/h3-4,6-9,12-15,23,32,35H,5,10-11,16-22H2,1-2H3. The van der Waals surface area contributed by atoms with Crippen molar-refractivity contribution in [1.82, 2.24) is 9.27 Å². The molecule has 1 amide bonds. The Balaban J connectivity index is 1.18. The third kappa shape index (κ3) is 5.00. The molecule has 2 unspecified atom stereocenters. The van der Waals surface area contributed by atoms with Gasteiger partial charge in [0.25, 0.3) is 0 Å². The topological polar surface area (TPSA) is 68.8 Å². The van der Waals surface area contributed by atoms with E-state index < -0.39 is 0 Å². The highest BCUT2D eigenvalue weighted by atomic mass is 32.1. The van der Waals surface area contributed by atoms with E-state index in [2.05, 4.69) is 77.5 Å². The minimum absolute atomic E-state index is 0.0951. The minimum atomic E-state index is -0.128. The number of ketones is 1. The van der Waals surface area contributed by atoms with Gasteiger partial charge in [0.1, 0.15) is 5.82 Å². The van der Waals surface area contributed by atoms with Gasteiger partial charge in [0, 0.05) is 49.3 Å². The van der Waals surface area contributed by atoms with E-state index in [9.17, 15) is 9.59 Å². The number of aromatic nitrogens is 1. The number of fused-ring (bicyclic) bond motifs is 2. The summed E-state index contributed by atoms with van der Waals surface area (Å²) in [6.07, 6.45) is 8.83. The highest BCUT2D eigenvalue weighted by molar-refractivity contribution is 7.13. The molecule has 2 atom stereocenters. The number of rotatable bonds is 4. The highest BCUT2D eigenvalue weighted by Crippen LogP contribution is 2.46. The number of carbonyl (C=O) groups is 2. The first-order valence-corrected chi connectivity index (χ1v) is 16.1. The van der Waals surface area contributed by atoms with Crippen molar-refractivity contribution in [3.05, 3.63) is 72.0 Å². The molecule has 0 bridgehead atoms. The smallest absolute Gasteiger partial charge is 0.242 e. The molecule has 7 rings (SSSR count). The van der Waals surface area contributed by atoms with Crippen LogP contribution >= 0.6 is 11.5 Å². The summed E-state index contributed by atoms with van der Waals surface area (Å²) in [5.41, 5.74) is 3.85. The lowest BCUT2D eigenvalue weighted by atomic mass is 9.71. The molecule has 218 valence electrons. The Kier molecular flexibility index (Phi) is 7.05. The molecule has 2 aromatic carbocycles. The van der Waals surface area contributed by atoms with Crippen LogP contribution in [0.1, 0.15) is 46.0 Å². The number of allylic oxidation sites excluding steroid dienone is 3. The minimum Gasteiger partial charge on any atom is -0.357 e. The number of para-hydroxylation sites is 2. The predicted octanol–water partition coefficient (Wildman–Crippen LogP) is 6.25. The number of piperazine rings is 1. The molecule has 8 heteroatoms. The first kappa shape index (κ1) is 27.2. The zero-order valence-corrected chi connectivity index (χ0v) is 25.3. The second-order valence-electron chi connectivity index (χ2n) is 13.0. The largest absolute Gasteiger partial charge is 0.357 e. The van der Waals surface area contributed by atoms with Crippen molar-refractivity contribution >= 4 is 50.5 Å². The van der Waals surface area contributed by atoms with E-state index in [0.29, 0.717) is 19.5 Å². The average Bonchev–Trinajstić information content (AvgIpc) is 3.37. The number of anilines is 3. The maximum Gasteiger partial charge on any atom is 0.242 e. The average molecular weight is 582 g/mol. The van der Waals surface area contributed by atoms with Crippen LogP contribution in [0.5, 0.6) is 0 Å². The molecule has 42 heavy (non-hydrogen) atoms. The Hall–Kier alpha value is -3.65. The van der Waals surface area contributed by atoms with Crippen LogP contribution in [0.4, 0.5) is 17.2 Å². The van der Waals surface area contributed by atoms with Gasteiger partial charge in [-0.05, 0) is 72.8 Å². The number of benzene rings is 2. The fourth-order valence-corrected chi connectivity index (χ4v) is 8.17. The normalized spacial score (nSPS) is 23.9. The summed E-state index contributed by atoms with van der Waals surface area (Å²) >= 11 is 1.53. The summed E-state index contributed by atoms with van der Waals surface area (Å²) < 4.78 is 5.93. The van der Waals surface area contributed by atoms with Crippen LogP contribution in [0.25, 0.3) is 10.1 Å². The van der Waals surface area contributed by atoms with Crippen molar-refractivity contribution in [3.8, 4) is 0 Å². The molecule has 3 aromatic rings. The van der Waals surface area contributed by atoms with E-state index in [0.717, 1.165) is 67.2 Å². The Morgan fingerprint density at radius 1 is 1.02 bits per heavy atom. The van der Waals surface area contributed by atoms with Gasteiger partial charge >= 0.3 is 0 Å². The van der Waals surface area contributed by atoms with Gasteiger partial charge in [0.2, 0.25) is 5.91 Å². The summed E-state index contributed by atoms with van der Waals surface area (Å²) in [6, 6.07) is 16.5. The van der Waals surface area contributed by atoms with Gasteiger partial charge in [0.15, 0.2) is 5.78 Å². The van der Waals surface area contributed by atoms with Crippen LogP contribution in [-0.4, -0.2) is 59.7 Å².